The second-order valence-electron chi connectivity index (χ2n) is 5.11. The van der Waals surface area contributed by atoms with Crippen LogP contribution < -0.4 is 4.90 Å². The number of hydrogen-bond donors (Lipinski definition) is 1. The van der Waals surface area contributed by atoms with Gasteiger partial charge in [-0.15, -0.1) is 0 Å². The molecule has 1 fully saturated rings. The molecule has 0 spiro atoms. The van der Waals surface area contributed by atoms with E-state index in [1.54, 1.807) is 0 Å². The highest BCUT2D eigenvalue weighted by atomic mass is 32.2. The summed E-state index contributed by atoms with van der Waals surface area (Å²) in [4.78, 5) is 46.1. The number of rotatable bonds is 5. The van der Waals surface area contributed by atoms with Crippen LogP contribution in [0.5, 0.6) is 0 Å². The third-order valence-electron chi connectivity index (χ3n) is 3.45. The average molecular weight is 338 g/mol. The summed E-state index contributed by atoms with van der Waals surface area (Å²) >= 11 is 1.10. The van der Waals surface area contributed by atoms with Gasteiger partial charge in [0.25, 0.3) is 5.69 Å². The van der Waals surface area contributed by atoms with Crippen LogP contribution in [0.15, 0.2) is 18.2 Å². The Labute approximate surface area is 135 Å². The fourth-order valence-corrected chi connectivity index (χ4v) is 3.18. The molecule has 1 aliphatic rings. The first-order valence-electron chi connectivity index (χ1n) is 6.75. The topological polar surface area (TPSA) is 118 Å². The van der Waals surface area contributed by atoms with Gasteiger partial charge in [-0.3, -0.25) is 19.7 Å². The molecule has 23 heavy (non-hydrogen) atoms. The van der Waals surface area contributed by atoms with Crippen molar-refractivity contribution in [3.8, 4) is 0 Å². The first kappa shape index (κ1) is 16.9. The van der Waals surface area contributed by atoms with Crippen molar-refractivity contribution in [2.45, 2.75) is 13.3 Å². The van der Waals surface area contributed by atoms with Gasteiger partial charge < -0.3 is 10.0 Å². The van der Waals surface area contributed by atoms with Gasteiger partial charge in [0, 0.05) is 31.7 Å². The SMILES string of the molecule is CC(=O)SCC1CC(=O)N(c2cccc([N+](=O)[O-])c2C(=O)O)C1. The lowest BCUT2D eigenvalue weighted by molar-refractivity contribution is -0.385. The zero-order valence-electron chi connectivity index (χ0n) is 12.2. The van der Waals surface area contributed by atoms with Gasteiger partial charge >= 0.3 is 5.97 Å². The van der Waals surface area contributed by atoms with E-state index in [9.17, 15) is 29.6 Å². The number of anilines is 1. The number of carbonyl (C=O) groups is 3. The van der Waals surface area contributed by atoms with Gasteiger partial charge in [-0.1, -0.05) is 17.8 Å². The Bertz CT molecular complexity index is 690. The molecule has 1 aliphatic heterocycles. The van der Waals surface area contributed by atoms with Crippen LogP contribution in [0.1, 0.15) is 23.7 Å². The lowest BCUT2D eigenvalue weighted by atomic mass is 10.1. The number of nitro benzene ring substituents is 1. The van der Waals surface area contributed by atoms with Crippen LogP contribution in [-0.4, -0.2) is 39.3 Å². The molecular formula is C14H14N2O6S. The van der Waals surface area contributed by atoms with Crippen LogP contribution in [0.25, 0.3) is 0 Å². The van der Waals surface area contributed by atoms with Gasteiger partial charge in [-0.05, 0) is 12.0 Å². The van der Waals surface area contributed by atoms with Crippen LogP contribution in [0.4, 0.5) is 11.4 Å². The minimum absolute atomic E-state index is 0.0204. The molecule has 1 atom stereocenters. The molecule has 1 saturated heterocycles. The molecule has 1 unspecified atom stereocenters. The van der Waals surface area contributed by atoms with Crippen molar-refractivity contribution in [3.63, 3.8) is 0 Å². The number of hydrogen-bond acceptors (Lipinski definition) is 6. The molecule has 1 aromatic carbocycles. The normalized spacial score (nSPS) is 17.3. The van der Waals surface area contributed by atoms with Crippen LogP contribution in [0.2, 0.25) is 0 Å². The van der Waals surface area contributed by atoms with E-state index in [1.165, 1.54) is 24.0 Å². The largest absolute Gasteiger partial charge is 0.477 e. The molecule has 8 nitrogen and oxygen atoms in total. The Hall–Kier alpha value is -2.42. The van der Waals surface area contributed by atoms with Gasteiger partial charge in [0.1, 0.15) is 0 Å². The summed E-state index contributed by atoms with van der Waals surface area (Å²) in [6.07, 6.45) is 0.183. The minimum atomic E-state index is -1.46. The average Bonchev–Trinajstić information content (AvgIpc) is 2.85. The molecule has 1 N–H and O–H groups in total. The number of benzene rings is 1. The Morgan fingerprint density at radius 2 is 2.17 bits per heavy atom. The molecule has 0 bridgehead atoms. The maximum Gasteiger partial charge on any atom is 0.344 e. The Balaban J connectivity index is 2.33. The van der Waals surface area contributed by atoms with Crippen LogP contribution in [0, 0.1) is 16.0 Å². The quantitative estimate of drug-likeness (QED) is 0.643. The van der Waals surface area contributed by atoms with E-state index < -0.39 is 22.1 Å². The van der Waals surface area contributed by atoms with Crippen molar-refractivity contribution in [1.82, 2.24) is 0 Å². The van der Waals surface area contributed by atoms with Crippen molar-refractivity contribution >= 4 is 40.1 Å². The monoisotopic (exact) mass is 338 g/mol. The van der Waals surface area contributed by atoms with Crippen molar-refractivity contribution < 1.29 is 24.4 Å². The van der Waals surface area contributed by atoms with E-state index >= 15 is 0 Å². The zero-order valence-corrected chi connectivity index (χ0v) is 13.0. The third kappa shape index (κ3) is 3.67. The van der Waals surface area contributed by atoms with Crippen LogP contribution in [-0.2, 0) is 9.59 Å². The Morgan fingerprint density at radius 1 is 1.48 bits per heavy atom. The number of carbonyl (C=O) groups excluding carboxylic acids is 2. The zero-order chi connectivity index (χ0) is 17.1. The minimum Gasteiger partial charge on any atom is -0.477 e. The van der Waals surface area contributed by atoms with E-state index in [0.717, 1.165) is 17.8 Å². The van der Waals surface area contributed by atoms with E-state index in [-0.39, 0.29) is 35.6 Å². The Morgan fingerprint density at radius 3 is 2.74 bits per heavy atom. The predicted molar refractivity (Wildman–Crippen MR) is 83.7 cm³/mol. The molecule has 1 amide bonds. The van der Waals surface area contributed by atoms with Crippen LogP contribution >= 0.6 is 11.8 Å². The van der Waals surface area contributed by atoms with E-state index in [1.807, 2.05) is 0 Å². The fourth-order valence-electron chi connectivity index (χ4n) is 2.49. The van der Waals surface area contributed by atoms with Crippen molar-refractivity contribution in [3.05, 3.63) is 33.9 Å². The summed E-state index contributed by atoms with van der Waals surface area (Å²) in [5.41, 5.74) is -1.03. The third-order valence-corrected chi connectivity index (χ3v) is 4.49. The molecule has 1 aromatic rings. The highest BCUT2D eigenvalue weighted by molar-refractivity contribution is 8.13. The van der Waals surface area contributed by atoms with Gasteiger partial charge in [0.05, 0.1) is 10.6 Å². The summed E-state index contributed by atoms with van der Waals surface area (Å²) in [6, 6.07) is 3.83. The molecule has 0 saturated carbocycles. The molecule has 0 radical (unpaired) electrons. The van der Waals surface area contributed by atoms with Gasteiger partial charge in [0.2, 0.25) is 5.91 Å². The number of aromatic carboxylic acids is 1. The number of carboxylic acids is 1. The highest BCUT2D eigenvalue weighted by Crippen LogP contribution is 2.34. The van der Waals surface area contributed by atoms with Crippen molar-refractivity contribution in [1.29, 1.82) is 0 Å². The van der Waals surface area contributed by atoms with E-state index in [4.69, 9.17) is 0 Å². The first-order chi connectivity index (χ1) is 10.8. The number of amides is 1. The van der Waals surface area contributed by atoms with E-state index in [0.29, 0.717) is 5.75 Å². The lowest BCUT2D eigenvalue weighted by Gasteiger charge is -2.18. The first-order valence-corrected chi connectivity index (χ1v) is 7.74. The van der Waals surface area contributed by atoms with E-state index in [2.05, 4.69) is 0 Å². The maximum atomic E-state index is 12.2. The van der Waals surface area contributed by atoms with Gasteiger partial charge in [-0.25, -0.2) is 4.79 Å². The standard InChI is InChI=1S/C14H14N2O6S/c1-8(17)23-7-9-5-12(18)15(6-9)10-3-2-4-11(16(21)22)13(10)14(19)20/h2-4,9H,5-7H2,1H3,(H,19,20). The van der Waals surface area contributed by atoms with Crippen LogP contribution in [0.3, 0.4) is 0 Å². The predicted octanol–water partition coefficient (Wildman–Crippen LogP) is 1.93. The molecule has 1 heterocycles. The maximum absolute atomic E-state index is 12.2. The van der Waals surface area contributed by atoms with Gasteiger partial charge in [0.15, 0.2) is 10.7 Å². The number of carboxylic acid groups (broad SMARTS) is 1. The molecule has 0 aliphatic carbocycles. The summed E-state index contributed by atoms with van der Waals surface area (Å²) in [5.74, 6) is -1.41. The molecular weight excluding hydrogens is 324 g/mol. The number of nitro groups is 1. The summed E-state index contributed by atoms with van der Waals surface area (Å²) in [5, 5.41) is 20.2. The summed E-state index contributed by atoms with van der Waals surface area (Å²) in [6.45, 7) is 1.67. The highest BCUT2D eigenvalue weighted by Gasteiger charge is 2.35. The number of thioether (sulfide) groups is 1. The Kier molecular flexibility index (Phi) is 4.99. The van der Waals surface area contributed by atoms with Crippen molar-refractivity contribution in [2.75, 3.05) is 17.2 Å². The summed E-state index contributed by atoms with van der Waals surface area (Å²) < 4.78 is 0. The lowest BCUT2D eigenvalue weighted by Crippen LogP contribution is -2.27. The van der Waals surface area contributed by atoms with Crippen molar-refractivity contribution in [2.24, 2.45) is 5.92 Å². The molecule has 122 valence electrons. The fraction of sp³-hybridized carbons (Fsp3) is 0.357. The van der Waals surface area contributed by atoms with Gasteiger partial charge in [-0.2, -0.15) is 0 Å². The molecule has 9 heteroatoms. The second kappa shape index (κ2) is 6.78. The molecule has 0 aromatic heterocycles. The number of nitrogens with zero attached hydrogens (tertiary/aromatic N) is 2. The summed E-state index contributed by atoms with van der Waals surface area (Å²) in [7, 11) is 0. The molecule has 2 rings (SSSR count). The second-order valence-corrected chi connectivity index (χ2v) is 6.31. The smallest absolute Gasteiger partial charge is 0.344 e.